The van der Waals surface area contributed by atoms with Gasteiger partial charge in [0.2, 0.25) is 0 Å². The Balaban J connectivity index is 2.41. The largest absolute Gasteiger partial charge is 0.491 e. The van der Waals surface area contributed by atoms with Gasteiger partial charge in [-0.15, -0.1) is 0 Å². The molecular weight excluding hydrogens is 247 g/mol. The average Bonchev–Trinajstić information content (AvgIpc) is 2.40. The number of aliphatic hydroxyl groups excluding tert-OH is 1. The smallest absolute Gasteiger partial charge is 0.165 e. The maximum absolute atomic E-state index is 13.8. The molecule has 0 saturated heterocycles. The van der Waals surface area contributed by atoms with Gasteiger partial charge in [-0.3, -0.25) is 0 Å². The second-order valence-electron chi connectivity index (χ2n) is 4.05. The number of ether oxygens (including phenoxy) is 1. The summed E-state index contributed by atoms with van der Waals surface area (Å²) in [7, 11) is 0. The van der Waals surface area contributed by atoms with Crippen LogP contribution in [-0.4, -0.2) is 21.7 Å². The third-order valence-corrected chi connectivity index (χ3v) is 2.57. The SMILES string of the molecule is CCOc1ccc(-c2cc(C)nc(CO)n2)cc1F. The fourth-order valence-corrected chi connectivity index (χ4v) is 1.78. The van der Waals surface area contributed by atoms with Crippen LogP contribution in [0.5, 0.6) is 5.75 Å². The molecule has 0 bridgehead atoms. The van der Waals surface area contributed by atoms with E-state index in [0.717, 1.165) is 5.69 Å². The number of hydrogen-bond donors (Lipinski definition) is 1. The van der Waals surface area contributed by atoms with E-state index in [0.29, 0.717) is 23.7 Å². The number of aliphatic hydroxyl groups is 1. The van der Waals surface area contributed by atoms with Gasteiger partial charge in [-0.2, -0.15) is 0 Å². The fraction of sp³-hybridized carbons (Fsp3) is 0.286. The van der Waals surface area contributed by atoms with Crippen molar-refractivity contribution < 1.29 is 14.2 Å². The van der Waals surface area contributed by atoms with Crippen molar-refractivity contribution in [1.29, 1.82) is 0 Å². The number of aromatic nitrogens is 2. The third kappa shape index (κ3) is 3.06. The van der Waals surface area contributed by atoms with Gasteiger partial charge in [0, 0.05) is 11.3 Å². The lowest BCUT2D eigenvalue weighted by Gasteiger charge is -2.08. The van der Waals surface area contributed by atoms with E-state index in [2.05, 4.69) is 9.97 Å². The van der Waals surface area contributed by atoms with Crippen LogP contribution in [0.25, 0.3) is 11.3 Å². The zero-order valence-corrected chi connectivity index (χ0v) is 10.9. The van der Waals surface area contributed by atoms with Crippen molar-refractivity contribution in [2.24, 2.45) is 0 Å². The Hall–Kier alpha value is -2.01. The van der Waals surface area contributed by atoms with Gasteiger partial charge >= 0.3 is 0 Å². The minimum absolute atomic E-state index is 0.222. The first-order chi connectivity index (χ1) is 9.13. The molecule has 1 aromatic heterocycles. The number of benzene rings is 1. The fourth-order valence-electron chi connectivity index (χ4n) is 1.78. The van der Waals surface area contributed by atoms with Crippen molar-refractivity contribution in [2.45, 2.75) is 20.5 Å². The summed E-state index contributed by atoms with van der Waals surface area (Å²) < 4.78 is 18.9. The van der Waals surface area contributed by atoms with Gasteiger partial charge < -0.3 is 9.84 Å². The molecule has 1 N–H and O–H groups in total. The van der Waals surface area contributed by atoms with Crippen LogP contribution in [0, 0.1) is 12.7 Å². The molecule has 0 saturated carbocycles. The molecular formula is C14H15FN2O2. The van der Waals surface area contributed by atoms with Crippen molar-refractivity contribution in [3.05, 3.63) is 41.6 Å². The highest BCUT2D eigenvalue weighted by Gasteiger charge is 2.08. The highest BCUT2D eigenvalue weighted by Crippen LogP contribution is 2.25. The molecule has 2 rings (SSSR count). The van der Waals surface area contributed by atoms with Crippen LogP contribution in [0.1, 0.15) is 18.4 Å². The van der Waals surface area contributed by atoms with Gasteiger partial charge in [-0.05, 0) is 38.1 Å². The molecule has 0 unspecified atom stereocenters. The second kappa shape index (κ2) is 5.75. The minimum Gasteiger partial charge on any atom is -0.491 e. The molecule has 0 aliphatic carbocycles. The molecule has 0 atom stereocenters. The Bertz CT molecular complexity index is 588. The van der Waals surface area contributed by atoms with Crippen molar-refractivity contribution in [2.75, 3.05) is 6.61 Å². The number of rotatable bonds is 4. The highest BCUT2D eigenvalue weighted by atomic mass is 19.1. The maximum Gasteiger partial charge on any atom is 0.165 e. The molecule has 100 valence electrons. The molecule has 2 aromatic rings. The average molecular weight is 262 g/mol. The van der Waals surface area contributed by atoms with E-state index < -0.39 is 5.82 Å². The van der Waals surface area contributed by atoms with Crippen LogP contribution in [0.3, 0.4) is 0 Å². The Morgan fingerprint density at radius 3 is 2.68 bits per heavy atom. The molecule has 0 aliphatic heterocycles. The topological polar surface area (TPSA) is 55.2 Å². The number of hydrogen-bond acceptors (Lipinski definition) is 4. The first-order valence-electron chi connectivity index (χ1n) is 6.02. The molecule has 0 fully saturated rings. The zero-order chi connectivity index (χ0) is 13.8. The number of halogens is 1. The number of aryl methyl sites for hydroxylation is 1. The van der Waals surface area contributed by atoms with E-state index >= 15 is 0 Å². The first-order valence-corrected chi connectivity index (χ1v) is 6.02. The Labute approximate surface area is 110 Å². The van der Waals surface area contributed by atoms with Gasteiger partial charge in [-0.1, -0.05) is 0 Å². The standard InChI is InChI=1S/C14H15FN2O2/c1-3-19-13-5-4-10(7-11(13)15)12-6-9(2)16-14(8-18)17-12/h4-7,18H,3,8H2,1-2H3. The molecule has 4 nitrogen and oxygen atoms in total. The minimum atomic E-state index is -0.429. The van der Waals surface area contributed by atoms with E-state index in [4.69, 9.17) is 9.84 Å². The van der Waals surface area contributed by atoms with Crippen LogP contribution in [0.15, 0.2) is 24.3 Å². The molecule has 19 heavy (non-hydrogen) atoms. The van der Waals surface area contributed by atoms with Crippen molar-refractivity contribution >= 4 is 0 Å². The van der Waals surface area contributed by atoms with Crippen molar-refractivity contribution in [3.63, 3.8) is 0 Å². The van der Waals surface area contributed by atoms with Gasteiger partial charge in [0.05, 0.1) is 12.3 Å². The maximum atomic E-state index is 13.8. The van der Waals surface area contributed by atoms with Gasteiger partial charge in [0.1, 0.15) is 6.61 Å². The van der Waals surface area contributed by atoms with Gasteiger partial charge in [0.15, 0.2) is 17.4 Å². The lowest BCUT2D eigenvalue weighted by atomic mass is 10.1. The van der Waals surface area contributed by atoms with E-state index in [1.54, 1.807) is 32.0 Å². The first kappa shape index (κ1) is 13.4. The summed E-state index contributed by atoms with van der Waals surface area (Å²) in [6.45, 7) is 3.77. The summed E-state index contributed by atoms with van der Waals surface area (Å²) in [6, 6.07) is 6.42. The predicted molar refractivity (Wildman–Crippen MR) is 69.3 cm³/mol. The summed E-state index contributed by atoms with van der Waals surface area (Å²) in [5.41, 5.74) is 1.93. The van der Waals surface area contributed by atoms with Crippen LogP contribution in [0.4, 0.5) is 4.39 Å². The van der Waals surface area contributed by atoms with Crippen molar-refractivity contribution in [1.82, 2.24) is 9.97 Å². The monoisotopic (exact) mass is 262 g/mol. The summed E-state index contributed by atoms with van der Waals surface area (Å²) in [5.74, 6) is 0.116. The van der Waals surface area contributed by atoms with Gasteiger partial charge in [-0.25, -0.2) is 14.4 Å². The summed E-state index contributed by atoms with van der Waals surface area (Å²) in [6.07, 6.45) is 0. The quantitative estimate of drug-likeness (QED) is 0.919. The molecule has 1 heterocycles. The Morgan fingerprint density at radius 1 is 1.26 bits per heavy atom. The molecule has 0 amide bonds. The van der Waals surface area contributed by atoms with Crippen LogP contribution in [-0.2, 0) is 6.61 Å². The lowest BCUT2D eigenvalue weighted by molar-refractivity contribution is 0.271. The molecule has 0 aliphatic rings. The molecule has 1 aromatic carbocycles. The summed E-state index contributed by atoms with van der Waals surface area (Å²) in [5, 5.41) is 9.08. The normalized spacial score (nSPS) is 10.5. The third-order valence-electron chi connectivity index (χ3n) is 2.57. The highest BCUT2D eigenvalue weighted by molar-refractivity contribution is 5.60. The van der Waals surface area contributed by atoms with Crippen LogP contribution < -0.4 is 4.74 Å². The van der Waals surface area contributed by atoms with E-state index in [-0.39, 0.29) is 12.4 Å². The molecule has 0 spiro atoms. The Morgan fingerprint density at radius 2 is 2.05 bits per heavy atom. The molecule has 0 radical (unpaired) electrons. The van der Waals surface area contributed by atoms with Crippen LogP contribution in [0.2, 0.25) is 0 Å². The summed E-state index contributed by atoms with van der Waals surface area (Å²) in [4.78, 5) is 8.24. The van der Waals surface area contributed by atoms with Crippen LogP contribution >= 0.6 is 0 Å². The van der Waals surface area contributed by atoms with E-state index in [9.17, 15) is 4.39 Å². The lowest BCUT2D eigenvalue weighted by Crippen LogP contribution is -1.99. The predicted octanol–water partition coefficient (Wildman–Crippen LogP) is 2.48. The second-order valence-corrected chi connectivity index (χ2v) is 4.05. The van der Waals surface area contributed by atoms with E-state index in [1.807, 2.05) is 0 Å². The summed E-state index contributed by atoms with van der Waals surface area (Å²) >= 11 is 0. The van der Waals surface area contributed by atoms with Crippen molar-refractivity contribution in [3.8, 4) is 17.0 Å². The van der Waals surface area contributed by atoms with Gasteiger partial charge in [0.25, 0.3) is 0 Å². The Kier molecular flexibility index (Phi) is 4.06. The zero-order valence-electron chi connectivity index (χ0n) is 10.9. The molecule has 5 heteroatoms. The number of nitrogens with zero attached hydrogens (tertiary/aromatic N) is 2. The van der Waals surface area contributed by atoms with E-state index in [1.165, 1.54) is 6.07 Å².